The minimum absolute atomic E-state index is 0.0201. The van der Waals surface area contributed by atoms with Crippen molar-refractivity contribution in [1.29, 1.82) is 0 Å². The van der Waals surface area contributed by atoms with E-state index in [2.05, 4.69) is 27.1 Å². The fraction of sp³-hybridized carbons (Fsp3) is 0.417. The number of nitrogens with zero attached hydrogens (tertiary/aromatic N) is 4. The van der Waals surface area contributed by atoms with Gasteiger partial charge in [-0.2, -0.15) is 8.42 Å². The largest absolute Gasteiger partial charge is 0.490 e. The Morgan fingerprint density at radius 1 is 1.32 bits per heavy atom. The maximum Gasteiger partial charge on any atom is 0.362 e. The maximum atomic E-state index is 13.0. The van der Waals surface area contributed by atoms with Crippen LogP contribution in [0.5, 0.6) is 5.75 Å². The van der Waals surface area contributed by atoms with E-state index in [0.717, 1.165) is 42.0 Å². The van der Waals surface area contributed by atoms with Gasteiger partial charge < -0.3 is 31.4 Å². The van der Waals surface area contributed by atoms with Gasteiger partial charge in [-0.05, 0) is 50.1 Å². The highest BCUT2D eigenvalue weighted by Crippen LogP contribution is 2.34. The first-order chi connectivity index (χ1) is 19.4. The lowest BCUT2D eigenvalue weighted by molar-refractivity contribution is -0.151. The van der Waals surface area contributed by atoms with Crippen molar-refractivity contribution in [2.45, 2.75) is 31.8 Å². The van der Waals surface area contributed by atoms with E-state index in [4.69, 9.17) is 21.0 Å². The minimum atomic E-state index is -4.79. The third-order valence-corrected chi connectivity index (χ3v) is 8.16. The summed E-state index contributed by atoms with van der Waals surface area (Å²) in [7, 11) is -4.79. The van der Waals surface area contributed by atoms with Crippen molar-refractivity contribution in [3.05, 3.63) is 47.1 Å². The van der Waals surface area contributed by atoms with Crippen LogP contribution in [-0.4, -0.2) is 89.2 Å². The Labute approximate surface area is 241 Å². The van der Waals surface area contributed by atoms with E-state index in [1.165, 1.54) is 19.2 Å². The summed E-state index contributed by atoms with van der Waals surface area (Å²) in [6, 6.07) is 6.35. The summed E-state index contributed by atoms with van der Waals surface area (Å²) in [5, 5.41) is 10.0. The number of hydrogen-bond acceptors (Lipinski definition) is 13. The van der Waals surface area contributed by atoms with E-state index < -0.39 is 33.7 Å². The molecule has 0 unspecified atom stereocenters. The molecule has 0 bridgehead atoms. The van der Waals surface area contributed by atoms with Crippen molar-refractivity contribution in [2.75, 3.05) is 38.6 Å². The highest BCUT2D eigenvalue weighted by atomic mass is 32.2. The van der Waals surface area contributed by atoms with Crippen LogP contribution in [0.1, 0.15) is 31.5 Å². The van der Waals surface area contributed by atoms with Crippen LogP contribution in [0.15, 0.2) is 41.0 Å². The Kier molecular flexibility index (Phi) is 9.13. The number of nitrogens with two attached hydrogens (primary N) is 2. The zero-order valence-corrected chi connectivity index (χ0v) is 24.1. The van der Waals surface area contributed by atoms with Gasteiger partial charge in [-0.1, -0.05) is 17.3 Å². The van der Waals surface area contributed by atoms with Crippen molar-refractivity contribution in [1.82, 2.24) is 25.0 Å². The third kappa shape index (κ3) is 6.94. The van der Waals surface area contributed by atoms with Crippen LogP contribution in [-0.2, 0) is 24.7 Å². The lowest BCUT2D eigenvalue weighted by Crippen LogP contribution is -2.77. The average molecular weight is 609 g/mol. The number of amides is 2. The second kappa shape index (κ2) is 12.4. The van der Waals surface area contributed by atoms with Crippen LogP contribution in [0.25, 0.3) is 5.57 Å². The lowest BCUT2D eigenvalue weighted by atomic mass is 9.85. The Bertz CT molecular complexity index is 1440. The van der Waals surface area contributed by atoms with Crippen molar-refractivity contribution in [2.24, 2.45) is 10.9 Å². The Balaban J connectivity index is 1.33. The average Bonchev–Trinajstić information content (AvgIpc) is 3.56. The first-order valence-corrected chi connectivity index (χ1v) is 14.9. The van der Waals surface area contributed by atoms with E-state index in [1.807, 2.05) is 29.3 Å². The van der Waals surface area contributed by atoms with Crippen molar-refractivity contribution >= 4 is 49.9 Å². The molecule has 0 saturated carbocycles. The molecule has 7 N–H and O–H groups in total. The quantitative estimate of drug-likeness (QED) is 0.0665. The second-order valence-corrected chi connectivity index (χ2v) is 11.8. The van der Waals surface area contributed by atoms with E-state index in [-0.39, 0.29) is 29.8 Å². The van der Waals surface area contributed by atoms with Crippen LogP contribution in [0, 0.1) is 0 Å². The van der Waals surface area contributed by atoms with Crippen LogP contribution >= 0.6 is 11.3 Å². The molecular weight excluding hydrogens is 576 g/mol. The number of hydrazine groups is 1. The Morgan fingerprint density at radius 2 is 2.05 bits per heavy atom. The number of rotatable bonds is 13. The number of benzene rings is 1. The number of hydrogen-bond donors (Lipinski definition) is 5. The number of β-lactam (4-membered cyclic amide) rings is 1. The topological polar surface area (TPSA) is 215 Å². The molecule has 41 heavy (non-hydrogen) atoms. The molecule has 0 spiro atoms. The first kappa shape index (κ1) is 30.2. The van der Waals surface area contributed by atoms with Crippen LogP contribution in [0.4, 0.5) is 5.13 Å². The van der Waals surface area contributed by atoms with Gasteiger partial charge in [0, 0.05) is 24.7 Å². The maximum absolute atomic E-state index is 13.0. The molecule has 0 radical (unpaired) electrons. The number of ether oxygens (including phenoxy) is 1. The van der Waals surface area contributed by atoms with Crippen LogP contribution < -0.4 is 26.9 Å². The molecule has 2 amide bonds. The zero-order valence-electron chi connectivity index (χ0n) is 22.4. The van der Waals surface area contributed by atoms with Gasteiger partial charge in [0.1, 0.15) is 24.1 Å². The molecule has 2 aliphatic rings. The van der Waals surface area contributed by atoms with Gasteiger partial charge in [0.05, 0.1) is 5.54 Å². The summed E-state index contributed by atoms with van der Waals surface area (Å²) < 4.78 is 38.3. The SMILES string of the molecule is CC1(C)[C@H](NC(=O)/C(=N\OCCOc2ccc(C3=CN(CCCN)NC3)cc2)c2csc(N)n2)C(=O)N1S(=O)(=O)O. The summed E-state index contributed by atoms with van der Waals surface area (Å²) in [4.78, 5) is 34.7. The van der Waals surface area contributed by atoms with Crippen molar-refractivity contribution in [3.8, 4) is 5.75 Å². The fourth-order valence-corrected chi connectivity index (χ4v) is 5.91. The van der Waals surface area contributed by atoms with Gasteiger partial charge >= 0.3 is 10.3 Å². The number of thiazole rings is 1. The first-order valence-electron chi connectivity index (χ1n) is 12.6. The Morgan fingerprint density at radius 3 is 2.66 bits per heavy atom. The third-order valence-electron chi connectivity index (χ3n) is 6.37. The predicted molar refractivity (Wildman–Crippen MR) is 152 cm³/mol. The molecule has 17 heteroatoms. The van der Waals surface area contributed by atoms with Gasteiger partial charge in [-0.3, -0.25) is 14.1 Å². The monoisotopic (exact) mass is 608 g/mol. The number of nitrogen functional groups attached to an aromatic ring is 1. The lowest BCUT2D eigenvalue weighted by Gasteiger charge is -2.50. The molecule has 1 fully saturated rings. The summed E-state index contributed by atoms with van der Waals surface area (Å²) in [5.41, 5.74) is 15.2. The minimum Gasteiger partial charge on any atom is -0.490 e. The van der Waals surface area contributed by atoms with E-state index >= 15 is 0 Å². The van der Waals surface area contributed by atoms with Crippen molar-refractivity contribution in [3.63, 3.8) is 0 Å². The molecule has 4 rings (SSSR count). The molecule has 222 valence electrons. The highest BCUT2D eigenvalue weighted by Gasteiger charge is 2.60. The van der Waals surface area contributed by atoms with Gasteiger partial charge in [-0.15, -0.1) is 11.3 Å². The Hall–Kier alpha value is -3.77. The molecule has 1 atom stereocenters. The molecule has 0 aliphatic carbocycles. The smallest absolute Gasteiger partial charge is 0.362 e. The predicted octanol–water partition coefficient (Wildman–Crippen LogP) is -0.0567. The normalized spacial score (nSPS) is 18.6. The van der Waals surface area contributed by atoms with Gasteiger partial charge in [-0.25, -0.2) is 14.7 Å². The van der Waals surface area contributed by atoms with Crippen LogP contribution in [0.2, 0.25) is 0 Å². The summed E-state index contributed by atoms with van der Waals surface area (Å²) in [6.45, 7) is 5.05. The summed E-state index contributed by atoms with van der Waals surface area (Å²) in [6.07, 6.45) is 2.96. The van der Waals surface area contributed by atoms with Crippen molar-refractivity contribution < 1.29 is 32.1 Å². The molecule has 15 nitrogen and oxygen atoms in total. The zero-order chi connectivity index (χ0) is 29.8. The standard InChI is InChI=1S/C24H32N8O7S2/c1-24(2)20(22(34)32(24)41(35,36)37)29-21(33)19(18-14-40-23(26)28-18)30-39-11-10-38-17-6-4-15(5-7-17)16-12-27-31(13-16)9-3-8-25/h4-7,13-14,20,27H,3,8-12,25H2,1-2H3,(H2,26,28)(H,29,33)(H,35,36,37)/b30-19-/t20-/m1/s1. The molecular formula is C24H32N8O7S2. The number of aromatic nitrogens is 1. The van der Waals surface area contributed by atoms with Crippen LogP contribution in [0.3, 0.4) is 0 Å². The molecule has 1 aromatic carbocycles. The molecule has 2 aliphatic heterocycles. The number of carbonyl (C=O) groups is 2. The van der Waals surface area contributed by atoms with Gasteiger partial charge in [0.15, 0.2) is 17.5 Å². The molecule has 1 saturated heterocycles. The number of nitrogens with one attached hydrogen (secondary N) is 2. The molecule has 2 aromatic rings. The molecule has 3 heterocycles. The fourth-order valence-electron chi connectivity index (χ4n) is 4.32. The van der Waals surface area contributed by atoms with Gasteiger partial charge in [0.25, 0.3) is 11.8 Å². The number of carbonyl (C=O) groups excluding carboxylic acids is 2. The van der Waals surface area contributed by atoms with E-state index in [0.29, 0.717) is 16.6 Å². The summed E-state index contributed by atoms with van der Waals surface area (Å²) >= 11 is 1.07. The number of anilines is 1. The number of oxime groups is 1. The van der Waals surface area contributed by atoms with E-state index in [9.17, 15) is 22.6 Å². The highest BCUT2D eigenvalue weighted by molar-refractivity contribution is 7.84. The molecule has 1 aromatic heterocycles. The second-order valence-electron chi connectivity index (χ2n) is 9.68. The summed E-state index contributed by atoms with van der Waals surface area (Å²) in [5.74, 6) is -1.22. The van der Waals surface area contributed by atoms with Gasteiger partial charge in [0.2, 0.25) is 0 Å². The van der Waals surface area contributed by atoms with E-state index in [1.54, 1.807) is 0 Å².